The first-order chi connectivity index (χ1) is 4.47. The third-order valence-corrected chi connectivity index (χ3v) is 3.26. The molecule has 0 saturated heterocycles. The maximum absolute atomic E-state index is 5.18. The van der Waals surface area contributed by atoms with E-state index in [4.69, 9.17) is 9.47 Å². The van der Waals surface area contributed by atoms with E-state index >= 15 is 0 Å². The zero-order chi connectivity index (χ0) is 6.10. The van der Waals surface area contributed by atoms with Crippen LogP contribution in [0, 0.1) is 0 Å². The average Bonchev–Trinajstić information content (AvgIpc) is 2.33. The molecule has 0 bridgehead atoms. The second-order valence-electron chi connectivity index (χ2n) is 1.64. The largest absolute Gasteiger partial charge is 0.453 e. The van der Waals surface area contributed by atoms with E-state index in [1.807, 2.05) is 12.2 Å². The third-order valence-electron chi connectivity index (χ3n) is 1.08. The Morgan fingerprint density at radius 3 is 3.33 bits per heavy atom. The molecule has 2 aliphatic heterocycles. The predicted octanol–water partition coefficient (Wildman–Crippen LogP) is 1.50. The van der Waals surface area contributed by atoms with Crippen molar-refractivity contribution in [3.05, 3.63) is 21.7 Å². The topological polar surface area (TPSA) is 18.5 Å². The van der Waals surface area contributed by atoms with Gasteiger partial charge >= 0.3 is 0 Å². The van der Waals surface area contributed by atoms with Gasteiger partial charge in [0.1, 0.15) is 0 Å². The molecule has 2 nitrogen and oxygen atoms in total. The van der Waals surface area contributed by atoms with Crippen LogP contribution in [-0.4, -0.2) is 10.8 Å². The van der Waals surface area contributed by atoms with E-state index in [0.717, 1.165) is 9.53 Å². The molecule has 0 fully saturated rings. The Bertz CT molecular complexity index is 193. The van der Waals surface area contributed by atoms with Crippen LogP contribution in [0.5, 0.6) is 0 Å². The third kappa shape index (κ3) is 0.891. The van der Waals surface area contributed by atoms with E-state index < -0.39 is 0 Å². The van der Waals surface area contributed by atoms with E-state index in [1.54, 1.807) is 0 Å². The second kappa shape index (κ2) is 2.13. The Kier molecular flexibility index (Phi) is 1.29. The normalized spacial score (nSPS) is 22.2. The number of rotatable bonds is 0. The summed E-state index contributed by atoms with van der Waals surface area (Å²) in [5.74, 6) is 0.949. The molecular weight excluding hydrogens is 231 g/mol. The summed E-state index contributed by atoms with van der Waals surface area (Å²) >= 11 is -0.00838. The first-order valence-corrected chi connectivity index (χ1v) is 4.92. The van der Waals surface area contributed by atoms with Crippen molar-refractivity contribution in [1.82, 2.24) is 0 Å². The van der Waals surface area contributed by atoms with Crippen molar-refractivity contribution in [1.29, 1.82) is 0 Å². The lowest BCUT2D eigenvalue weighted by Gasteiger charge is -1.94. The van der Waals surface area contributed by atoms with Crippen molar-refractivity contribution in [2.45, 2.75) is 0 Å². The molecule has 0 atom stereocenters. The fourth-order valence-electron chi connectivity index (χ4n) is 0.689. The lowest BCUT2D eigenvalue weighted by Crippen LogP contribution is -1.81. The van der Waals surface area contributed by atoms with Crippen molar-refractivity contribution in [3.63, 3.8) is 0 Å². The summed E-state index contributed by atoms with van der Waals surface area (Å²) in [6.45, 7) is 0.419. The van der Waals surface area contributed by atoms with Crippen LogP contribution in [0.3, 0.4) is 0 Å². The summed E-state index contributed by atoms with van der Waals surface area (Å²) in [5, 5.41) is 0. The van der Waals surface area contributed by atoms with E-state index in [1.165, 1.54) is 0 Å². The van der Waals surface area contributed by atoms with Gasteiger partial charge in [-0.2, -0.15) is 0 Å². The highest BCUT2D eigenvalue weighted by molar-refractivity contribution is 14.2. The molecule has 0 amide bonds. The lowest BCUT2D eigenvalue weighted by molar-refractivity contribution is 0.0831. The van der Waals surface area contributed by atoms with Crippen molar-refractivity contribution in [2.75, 3.05) is 6.79 Å². The van der Waals surface area contributed by atoms with E-state index in [2.05, 4.69) is 4.01 Å². The molecular formula is C6H5IO2. The highest BCUT2D eigenvalue weighted by Gasteiger charge is 2.13. The van der Waals surface area contributed by atoms with E-state index in [-0.39, 0.29) is 20.7 Å². The van der Waals surface area contributed by atoms with Gasteiger partial charge < -0.3 is 9.47 Å². The van der Waals surface area contributed by atoms with Crippen LogP contribution < -0.4 is 0 Å². The molecule has 3 heteroatoms. The minimum atomic E-state index is -0.00838. The maximum Gasteiger partial charge on any atom is 0.231 e. The van der Waals surface area contributed by atoms with Gasteiger partial charge in [0.25, 0.3) is 0 Å². The Morgan fingerprint density at radius 2 is 2.44 bits per heavy atom. The van der Waals surface area contributed by atoms with Crippen molar-refractivity contribution in [3.8, 4) is 0 Å². The quantitative estimate of drug-likeness (QED) is 0.593. The molecule has 2 heterocycles. The fraction of sp³-hybridized carbons (Fsp3) is 0.167. The molecule has 0 aromatic rings. The van der Waals surface area contributed by atoms with Crippen molar-refractivity contribution >= 4 is 24.7 Å². The minimum absolute atomic E-state index is 0.00838. The predicted molar refractivity (Wildman–Crippen MR) is 43.3 cm³/mol. The average molecular weight is 236 g/mol. The lowest BCUT2D eigenvalue weighted by atomic mass is 10.5. The van der Waals surface area contributed by atoms with Gasteiger partial charge in [-0.15, -0.1) is 0 Å². The summed E-state index contributed by atoms with van der Waals surface area (Å²) in [6, 6.07) is 0. The molecule has 0 aromatic carbocycles. The zero-order valence-electron chi connectivity index (χ0n) is 4.63. The Labute approximate surface area is 62.9 Å². The monoisotopic (exact) mass is 236 g/mol. The number of hydrogen-bond acceptors (Lipinski definition) is 2. The summed E-state index contributed by atoms with van der Waals surface area (Å²) in [6.07, 6.45) is 3.98. The highest BCUT2D eigenvalue weighted by atomic mass is 127. The Morgan fingerprint density at radius 1 is 1.44 bits per heavy atom. The summed E-state index contributed by atoms with van der Waals surface area (Å²) in [7, 11) is 0. The number of allylic oxidation sites excluding steroid dienone is 2. The van der Waals surface area contributed by atoms with Crippen LogP contribution >= 0.6 is 20.7 Å². The van der Waals surface area contributed by atoms with E-state index in [9.17, 15) is 0 Å². The van der Waals surface area contributed by atoms with Crippen LogP contribution in [0.1, 0.15) is 0 Å². The van der Waals surface area contributed by atoms with Gasteiger partial charge in [0, 0.05) is 0 Å². The van der Waals surface area contributed by atoms with Gasteiger partial charge in [-0.25, -0.2) is 0 Å². The molecule has 0 aromatic heterocycles. The Balaban J connectivity index is 2.41. The zero-order valence-corrected chi connectivity index (χ0v) is 6.79. The molecule has 48 valence electrons. The van der Waals surface area contributed by atoms with Gasteiger partial charge in [-0.05, 0) is 30.8 Å². The van der Waals surface area contributed by atoms with Crippen LogP contribution in [0.2, 0.25) is 0 Å². The molecule has 0 aliphatic carbocycles. The van der Waals surface area contributed by atoms with Gasteiger partial charge in [-0.3, -0.25) is 0 Å². The molecule has 0 saturated carbocycles. The van der Waals surface area contributed by atoms with Crippen LogP contribution in [0.15, 0.2) is 21.7 Å². The number of halogens is 1. The van der Waals surface area contributed by atoms with E-state index in [0.29, 0.717) is 6.79 Å². The van der Waals surface area contributed by atoms with Gasteiger partial charge in [0.2, 0.25) is 6.79 Å². The number of ether oxygens (including phenoxy) is 2. The molecule has 0 spiro atoms. The van der Waals surface area contributed by atoms with Gasteiger partial charge in [0.15, 0.2) is 9.53 Å². The highest BCUT2D eigenvalue weighted by Crippen LogP contribution is 2.29. The molecule has 2 rings (SSSR count). The molecule has 9 heavy (non-hydrogen) atoms. The Hall–Kier alpha value is -0.320. The fourth-order valence-corrected chi connectivity index (χ4v) is 2.38. The SMILES string of the molecule is C1=CC2=C(OCO2)I=C1. The summed E-state index contributed by atoms with van der Waals surface area (Å²) < 4.78 is 13.6. The number of hydrogen-bond donors (Lipinski definition) is 0. The van der Waals surface area contributed by atoms with Crippen molar-refractivity contribution < 1.29 is 9.47 Å². The minimum Gasteiger partial charge on any atom is -0.453 e. The summed E-state index contributed by atoms with van der Waals surface area (Å²) in [5.41, 5.74) is 0. The first kappa shape index (κ1) is 5.46. The van der Waals surface area contributed by atoms with Crippen LogP contribution in [-0.2, 0) is 9.47 Å². The van der Waals surface area contributed by atoms with Gasteiger partial charge in [0.05, 0.1) is 0 Å². The van der Waals surface area contributed by atoms with Crippen LogP contribution in [0.4, 0.5) is 0 Å². The maximum atomic E-state index is 5.18. The standard InChI is InChI=1S/C6H5IO2/c1-2-5-6(7-3-1)9-4-8-5/h1-3H,4H2. The van der Waals surface area contributed by atoms with Crippen molar-refractivity contribution in [2.24, 2.45) is 0 Å². The molecule has 2 aliphatic rings. The summed E-state index contributed by atoms with van der Waals surface area (Å²) in [4.78, 5) is 0. The van der Waals surface area contributed by atoms with Crippen LogP contribution in [0.25, 0.3) is 0 Å². The molecule has 0 radical (unpaired) electrons. The molecule has 0 unspecified atom stereocenters. The second-order valence-corrected chi connectivity index (χ2v) is 3.96. The smallest absolute Gasteiger partial charge is 0.231 e. The van der Waals surface area contributed by atoms with Gasteiger partial charge in [-0.1, -0.05) is 6.08 Å². The first-order valence-electron chi connectivity index (χ1n) is 2.60. The molecule has 0 N–H and O–H groups in total.